The van der Waals surface area contributed by atoms with Gasteiger partial charge in [0.2, 0.25) is 0 Å². The van der Waals surface area contributed by atoms with Gasteiger partial charge in [-0.3, -0.25) is 0 Å². The Labute approximate surface area is 203 Å². The summed E-state index contributed by atoms with van der Waals surface area (Å²) in [6, 6.07) is 23.8. The van der Waals surface area contributed by atoms with Crippen molar-refractivity contribution in [1.29, 1.82) is 0 Å². The van der Waals surface area contributed by atoms with Gasteiger partial charge in [0.05, 0.1) is 0 Å². The Morgan fingerprint density at radius 1 is 0.812 bits per heavy atom. The molecule has 6 rings (SSSR count). The van der Waals surface area contributed by atoms with Crippen molar-refractivity contribution in [3.8, 4) is 17.2 Å². The summed E-state index contributed by atoms with van der Waals surface area (Å²) in [4.78, 5) is 4.48. The summed E-state index contributed by atoms with van der Waals surface area (Å²) in [5.74, 6) is 1.35. The van der Waals surface area contributed by atoms with Gasteiger partial charge in [-0.2, -0.15) is 30.9 Å². The number of rotatable bonds is 0. The van der Waals surface area contributed by atoms with Gasteiger partial charge in [0.15, 0.2) is 0 Å². The summed E-state index contributed by atoms with van der Waals surface area (Å²) in [5, 5.41) is 0. The first-order chi connectivity index (χ1) is 15.3. The van der Waals surface area contributed by atoms with Gasteiger partial charge in [-0.25, -0.2) is 0 Å². The van der Waals surface area contributed by atoms with Crippen LogP contribution in [0.4, 0.5) is 5.69 Å². The summed E-state index contributed by atoms with van der Waals surface area (Å²) in [6.07, 6.45) is 15.6. The molecule has 1 aromatic heterocycles. The van der Waals surface area contributed by atoms with E-state index in [2.05, 4.69) is 93.1 Å². The molecule has 0 N–H and O–H groups in total. The maximum absolute atomic E-state index is 6.12. The van der Waals surface area contributed by atoms with E-state index in [1.165, 1.54) is 19.3 Å². The Morgan fingerprint density at radius 3 is 2.38 bits per heavy atom. The topological polar surface area (TPSA) is 25.6 Å². The maximum Gasteiger partial charge on any atom is 4.00 e. The molecule has 0 radical (unpaired) electrons. The van der Waals surface area contributed by atoms with Gasteiger partial charge in [0.1, 0.15) is 0 Å². The van der Waals surface area contributed by atoms with Crippen molar-refractivity contribution in [2.24, 2.45) is 0 Å². The van der Waals surface area contributed by atoms with Crippen LogP contribution < -0.4 is 9.64 Å². The zero-order valence-electron chi connectivity index (χ0n) is 17.6. The largest absolute Gasteiger partial charge is 4.00 e. The predicted molar refractivity (Wildman–Crippen MR) is 120 cm³/mol. The standard InChI is InChI=1S/C26H24N4O.Pt/c1-2-12-26-25(11-1)29-14-4-3-13-27(19-29)21-7-5-9-23(17-21)31-24-10-6-8-22(18-24)28-15-16-30(26)20-28;/h3-10,13-16,19-20,25-26H,1-2,11-12H2;/q-4;+4. The molecule has 0 amide bonds. The van der Waals surface area contributed by atoms with E-state index in [0.717, 1.165) is 17.8 Å². The molecule has 1 aliphatic carbocycles. The third kappa shape index (κ3) is 4.02. The van der Waals surface area contributed by atoms with Crippen molar-refractivity contribution in [1.82, 2.24) is 14.0 Å². The molecule has 0 spiro atoms. The van der Waals surface area contributed by atoms with Crippen LogP contribution in [0.15, 0.2) is 79.7 Å². The second-order valence-corrected chi connectivity index (χ2v) is 8.24. The van der Waals surface area contributed by atoms with Gasteiger partial charge in [0.25, 0.3) is 0 Å². The molecule has 2 aromatic carbocycles. The number of benzene rings is 2. The summed E-state index contributed by atoms with van der Waals surface area (Å²) < 4.78 is 10.6. The summed E-state index contributed by atoms with van der Waals surface area (Å²) in [6.45, 7) is 2.18. The quantitative estimate of drug-likeness (QED) is 0.308. The molecule has 164 valence electrons. The summed E-state index contributed by atoms with van der Waals surface area (Å²) in [7, 11) is 0. The second-order valence-electron chi connectivity index (χ2n) is 8.24. The number of anilines is 1. The number of fused-ring (bicyclic) bond motifs is 13. The molecule has 32 heavy (non-hydrogen) atoms. The van der Waals surface area contributed by atoms with Crippen LogP contribution in [0.3, 0.4) is 0 Å². The molecule has 1 fully saturated rings. The Hall–Kier alpha value is -2.78. The minimum absolute atomic E-state index is 0. The van der Waals surface area contributed by atoms with Gasteiger partial charge >= 0.3 is 21.1 Å². The number of aromatic nitrogens is 2. The fraction of sp³-hybridized carbons (Fsp3) is 0.231. The van der Waals surface area contributed by atoms with Gasteiger partial charge in [0, 0.05) is 23.6 Å². The van der Waals surface area contributed by atoms with Crippen LogP contribution in [0.1, 0.15) is 31.7 Å². The van der Waals surface area contributed by atoms with E-state index >= 15 is 0 Å². The first kappa shape index (κ1) is 21.1. The molecular weight excluding hydrogens is 579 g/mol. The molecule has 3 aromatic rings. The van der Waals surface area contributed by atoms with Crippen molar-refractivity contribution < 1.29 is 25.8 Å². The molecule has 2 unspecified atom stereocenters. The molecular formula is C26H24N4OPt. The first-order valence-corrected chi connectivity index (χ1v) is 10.9. The number of ether oxygens (including phenoxy) is 1. The van der Waals surface area contributed by atoms with E-state index in [0.29, 0.717) is 23.6 Å². The van der Waals surface area contributed by atoms with Crippen LogP contribution in [0.5, 0.6) is 11.5 Å². The molecule has 8 bridgehead atoms. The van der Waals surface area contributed by atoms with Crippen molar-refractivity contribution in [2.75, 3.05) is 4.90 Å². The zero-order valence-corrected chi connectivity index (χ0v) is 19.9. The maximum atomic E-state index is 6.12. The molecule has 2 atom stereocenters. The molecule has 3 heterocycles. The van der Waals surface area contributed by atoms with Crippen molar-refractivity contribution in [3.63, 3.8) is 0 Å². The van der Waals surface area contributed by atoms with Crippen LogP contribution in [0.25, 0.3) is 5.69 Å². The van der Waals surface area contributed by atoms with Crippen LogP contribution in [-0.2, 0) is 21.1 Å². The van der Waals surface area contributed by atoms with Crippen LogP contribution >= 0.6 is 0 Å². The van der Waals surface area contributed by atoms with E-state index in [1.54, 1.807) is 0 Å². The van der Waals surface area contributed by atoms with E-state index in [1.807, 2.05) is 24.3 Å². The average molecular weight is 604 g/mol. The van der Waals surface area contributed by atoms with E-state index in [-0.39, 0.29) is 21.1 Å². The SMILES string of the molecule is [Pt+4].[c-]1c2cccc1N1C=CN([CH-]1)C1CCCCC1n1ccccn([cH-]1)-c1[c-]c(ccc1)O2. The van der Waals surface area contributed by atoms with Crippen LogP contribution in [0.2, 0.25) is 0 Å². The molecule has 1 saturated carbocycles. The number of hydrogen-bond donors (Lipinski definition) is 0. The normalized spacial score (nSPS) is 20.9. The van der Waals surface area contributed by atoms with Gasteiger partial charge < -0.3 is 23.7 Å². The second kappa shape index (κ2) is 8.99. The Morgan fingerprint density at radius 2 is 1.53 bits per heavy atom. The molecule has 0 saturated heterocycles. The summed E-state index contributed by atoms with van der Waals surface area (Å²) in [5.41, 5.74) is 1.90. The van der Waals surface area contributed by atoms with Crippen molar-refractivity contribution >= 4 is 5.69 Å². The van der Waals surface area contributed by atoms with Crippen LogP contribution in [0, 0.1) is 18.8 Å². The Bertz CT molecular complexity index is 1160. The van der Waals surface area contributed by atoms with Gasteiger partial charge in [-0.15, -0.1) is 35.6 Å². The molecule has 5 nitrogen and oxygen atoms in total. The number of nitrogens with zero attached hydrogens (tertiary/aromatic N) is 4. The van der Waals surface area contributed by atoms with E-state index in [4.69, 9.17) is 4.74 Å². The third-order valence-corrected chi connectivity index (χ3v) is 6.27. The predicted octanol–water partition coefficient (Wildman–Crippen LogP) is 5.72. The molecule has 6 heteroatoms. The smallest absolute Gasteiger partial charge is 0.510 e. The average Bonchev–Trinajstić information content (AvgIpc) is 3.17. The minimum Gasteiger partial charge on any atom is -0.510 e. The fourth-order valence-corrected chi connectivity index (χ4v) is 4.76. The van der Waals surface area contributed by atoms with E-state index in [9.17, 15) is 0 Å². The molecule has 3 aliphatic rings. The monoisotopic (exact) mass is 603 g/mol. The minimum atomic E-state index is 0. The fourth-order valence-electron chi connectivity index (χ4n) is 4.76. The van der Waals surface area contributed by atoms with Crippen molar-refractivity contribution in [2.45, 2.75) is 37.8 Å². The first-order valence-electron chi connectivity index (χ1n) is 10.9. The van der Waals surface area contributed by atoms with Gasteiger partial charge in [-0.1, -0.05) is 37.4 Å². The zero-order chi connectivity index (χ0) is 20.6. The summed E-state index contributed by atoms with van der Waals surface area (Å²) >= 11 is 0. The van der Waals surface area contributed by atoms with Gasteiger partial charge in [-0.05, 0) is 31.6 Å². The Balaban J connectivity index is 0.00000216. The number of hydrogen-bond acceptors (Lipinski definition) is 3. The van der Waals surface area contributed by atoms with Crippen molar-refractivity contribution in [3.05, 3.63) is 98.5 Å². The third-order valence-electron chi connectivity index (χ3n) is 6.27. The molecule has 2 aliphatic heterocycles. The Kier molecular flexibility index (Phi) is 5.92. The van der Waals surface area contributed by atoms with E-state index < -0.39 is 0 Å². The van der Waals surface area contributed by atoms with Crippen LogP contribution in [-0.4, -0.2) is 20.1 Å².